The highest BCUT2D eigenvalue weighted by Crippen LogP contribution is 2.27. The number of halogens is 1. The molecule has 132 valence electrons. The molecule has 2 aromatic carbocycles. The molecule has 0 aliphatic rings. The molecule has 0 saturated heterocycles. The number of rotatable bonds is 5. The van der Waals surface area contributed by atoms with E-state index in [-0.39, 0.29) is 11.8 Å². The van der Waals surface area contributed by atoms with Crippen LogP contribution in [0.25, 0.3) is 0 Å². The van der Waals surface area contributed by atoms with Gasteiger partial charge in [-0.05, 0) is 49.6 Å². The summed E-state index contributed by atoms with van der Waals surface area (Å²) in [6.07, 6.45) is 0. The fraction of sp³-hybridized carbons (Fsp3) is 0.300. The van der Waals surface area contributed by atoms with Crippen molar-refractivity contribution in [2.24, 2.45) is 5.41 Å². The molecule has 0 aromatic heterocycles. The van der Waals surface area contributed by atoms with Crippen LogP contribution in [0.2, 0.25) is 5.02 Å². The van der Waals surface area contributed by atoms with Gasteiger partial charge in [-0.3, -0.25) is 9.59 Å². The van der Waals surface area contributed by atoms with Crippen LogP contribution in [0.3, 0.4) is 0 Å². The van der Waals surface area contributed by atoms with Gasteiger partial charge in [0.2, 0.25) is 11.8 Å². The fourth-order valence-corrected chi connectivity index (χ4v) is 2.54. The van der Waals surface area contributed by atoms with Gasteiger partial charge in [-0.15, -0.1) is 0 Å². The minimum atomic E-state index is -1.24. The Morgan fingerprint density at radius 1 is 0.960 bits per heavy atom. The van der Waals surface area contributed by atoms with Crippen LogP contribution < -0.4 is 10.6 Å². The Bertz CT molecular complexity index is 785. The van der Waals surface area contributed by atoms with E-state index in [1.54, 1.807) is 38.1 Å². The molecular weight excluding hydrogens is 336 g/mol. The first kappa shape index (κ1) is 19.0. The number of carbonyl (C=O) groups excluding carboxylic acids is 2. The SMILES string of the molecule is CC(C)c1ccccc1NC(=O)C(C)(C)C(=O)Nc1cccc(Cl)c1. The van der Waals surface area contributed by atoms with E-state index < -0.39 is 11.3 Å². The number of benzene rings is 2. The zero-order valence-electron chi connectivity index (χ0n) is 14.9. The van der Waals surface area contributed by atoms with Crippen LogP contribution in [-0.2, 0) is 9.59 Å². The lowest BCUT2D eigenvalue weighted by Gasteiger charge is -2.24. The van der Waals surface area contributed by atoms with Crippen LogP contribution in [0.1, 0.15) is 39.2 Å². The van der Waals surface area contributed by atoms with Crippen molar-refractivity contribution in [1.29, 1.82) is 0 Å². The summed E-state index contributed by atoms with van der Waals surface area (Å²) < 4.78 is 0. The molecule has 0 spiro atoms. The molecule has 0 aliphatic carbocycles. The van der Waals surface area contributed by atoms with Crippen molar-refractivity contribution in [3.63, 3.8) is 0 Å². The van der Waals surface area contributed by atoms with E-state index in [0.717, 1.165) is 11.3 Å². The average molecular weight is 359 g/mol. The summed E-state index contributed by atoms with van der Waals surface area (Å²) in [7, 11) is 0. The average Bonchev–Trinajstić information content (AvgIpc) is 2.55. The number of para-hydroxylation sites is 1. The Labute approximate surface area is 153 Å². The summed E-state index contributed by atoms with van der Waals surface area (Å²) >= 11 is 5.93. The van der Waals surface area contributed by atoms with E-state index in [9.17, 15) is 9.59 Å². The standard InChI is InChI=1S/C20H23ClN2O2/c1-13(2)16-10-5-6-11-17(16)23-19(25)20(3,4)18(24)22-15-9-7-8-14(21)12-15/h5-13H,1-4H3,(H,22,24)(H,23,25). The molecule has 25 heavy (non-hydrogen) atoms. The summed E-state index contributed by atoms with van der Waals surface area (Å²) in [5.74, 6) is -0.491. The molecule has 2 amide bonds. The molecule has 2 aromatic rings. The molecular formula is C20H23ClN2O2. The molecule has 0 radical (unpaired) electrons. The first-order chi connectivity index (χ1) is 11.7. The van der Waals surface area contributed by atoms with Crippen molar-refractivity contribution in [2.75, 3.05) is 10.6 Å². The Morgan fingerprint density at radius 3 is 2.24 bits per heavy atom. The molecule has 5 heteroatoms. The lowest BCUT2D eigenvalue weighted by molar-refractivity contribution is -0.135. The van der Waals surface area contributed by atoms with E-state index in [0.29, 0.717) is 10.7 Å². The second kappa shape index (κ2) is 7.70. The van der Waals surface area contributed by atoms with Crippen molar-refractivity contribution < 1.29 is 9.59 Å². The minimum Gasteiger partial charge on any atom is -0.325 e. The van der Waals surface area contributed by atoms with Crippen molar-refractivity contribution >= 4 is 34.8 Å². The summed E-state index contributed by atoms with van der Waals surface area (Å²) in [6, 6.07) is 14.4. The maximum Gasteiger partial charge on any atom is 0.239 e. The molecule has 0 unspecified atom stereocenters. The number of anilines is 2. The van der Waals surface area contributed by atoms with Crippen LogP contribution in [0.15, 0.2) is 48.5 Å². The Balaban J connectivity index is 2.15. The van der Waals surface area contributed by atoms with Crippen LogP contribution in [-0.4, -0.2) is 11.8 Å². The molecule has 0 fully saturated rings. The maximum absolute atomic E-state index is 12.7. The minimum absolute atomic E-state index is 0.264. The second-order valence-electron chi connectivity index (χ2n) is 6.79. The first-order valence-corrected chi connectivity index (χ1v) is 8.57. The van der Waals surface area contributed by atoms with Crippen LogP contribution in [0, 0.1) is 5.41 Å². The van der Waals surface area contributed by atoms with E-state index in [2.05, 4.69) is 24.5 Å². The van der Waals surface area contributed by atoms with Crippen molar-refractivity contribution in [2.45, 2.75) is 33.6 Å². The van der Waals surface area contributed by atoms with Gasteiger partial charge in [0.05, 0.1) is 0 Å². The molecule has 2 N–H and O–H groups in total. The van der Waals surface area contributed by atoms with Gasteiger partial charge >= 0.3 is 0 Å². The van der Waals surface area contributed by atoms with Crippen LogP contribution >= 0.6 is 11.6 Å². The third-order valence-corrected chi connectivity index (χ3v) is 4.28. The second-order valence-corrected chi connectivity index (χ2v) is 7.22. The molecule has 0 heterocycles. The number of hydrogen-bond donors (Lipinski definition) is 2. The topological polar surface area (TPSA) is 58.2 Å². The lowest BCUT2D eigenvalue weighted by atomic mass is 9.90. The highest BCUT2D eigenvalue weighted by atomic mass is 35.5. The van der Waals surface area contributed by atoms with E-state index in [4.69, 9.17) is 11.6 Å². The van der Waals surface area contributed by atoms with Crippen LogP contribution in [0.4, 0.5) is 11.4 Å². The highest BCUT2D eigenvalue weighted by Gasteiger charge is 2.36. The molecule has 0 bridgehead atoms. The van der Waals surface area contributed by atoms with Gasteiger partial charge in [0, 0.05) is 16.4 Å². The van der Waals surface area contributed by atoms with E-state index in [1.807, 2.05) is 24.3 Å². The van der Waals surface area contributed by atoms with Gasteiger partial charge < -0.3 is 10.6 Å². The van der Waals surface area contributed by atoms with Gasteiger partial charge in [-0.25, -0.2) is 0 Å². The zero-order valence-corrected chi connectivity index (χ0v) is 15.6. The van der Waals surface area contributed by atoms with Gasteiger partial charge in [0.25, 0.3) is 0 Å². The molecule has 0 saturated carbocycles. The summed E-state index contributed by atoms with van der Waals surface area (Å²) in [5, 5.41) is 6.15. The number of carbonyl (C=O) groups is 2. The van der Waals surface area contributed by atoms with Crippen molar-refractivity contribution in [1.82, 2.24) is 0 Å². The largest absolute Gasteiger partial charge is 0.325 e. The summed E-state index contributed by atoms with van der Waals surface area (Å²) in [6.45, 7) is 7.31. The third kappa shape index (κ3) is 4.60. The third-order valence-electron chi connectivity index (χ3n) is 4.05. The lowest BCUT2D eigenvalue weighted by Crippen LogP contribution is -2.41. The van der Waals surface area contributed by atoms with Crippen LogP contribution in [0.5, 0.6) is 0 Å². The molecule has 2 rings (SSSR count). The molecule has 0 aliphatic heterocycles. The smallest absolute Gasteiger partial charge is 0.239 e. The van der Waals surface area contributed by atoms with Gasteiger partial charge in [-0.2, -0.15) is 0 Å². The predicted octanol–water partition coefficient (Wildman–Crippen LogP) is 5.07. The normalized spacial score (nSPS) is 11.3. The Kier molecular flexibility index (Phi) is 5.85. The molecule has 4 nitrogen and oxygen atoms in total. The quantitative estimate of drug-likeness (QED) is 0.733. The van der Waals surface area contributed by atoms with Crippen molar-refractivity contribution in [3.05, 3.63) is 59.1 Å². The van der Waals surface area contributed by atoms with Crippen molar-refractivity contribution in [3.8, 4) is 0 Å². The predicted molar refractivity (Wildman–Crippen MR) is 103 cm³/mol. The maximum atomic E-state index is 12.7. The van der Waals surface area contributed by atoms with Gasteiger partial charge in [0.15, 0.2) is 0 Å². The van der Waals surface area contributed by atoms with E-state index in [1.165, 1.54) is 0 Å². The summed E-state index contributed by atoms with van der Waals surface area (Å²) in [4.78, 5) is 25.3. The molecule has 0 atom stereocenters. The number of amides is 2. The number of hydrogen-bond acceptors (Lipinski definition) is 2. The Hall–Kier alpha value is -2.33. The fourth-order valence-electron chi connectivity index (χ4n) is 2.35. The number of nitrogens with one attached hydrogen (secondary N) is 2. The van der Waals surface area contributed by atoms with Gasteiger partial charge in [-0.1, -0.05) is 49.7 Å². The monoisotopic (exact) mass is 358 g/mol. The summed E-state index contributed by atoms with van der Waals surface area (Å²) in [5.41, 5.74) is 1.07. The highest BCUT2D eigenvalue weighted by molar-refractivity contribution is 6.31. The Morgan fingerprint density at radius 2 is 1.60 bits per heavy atom. The zero-order chi connectivity index (χ0) is 18.6. The van der Waals surface area contributed by atoms with Gasteiger partial charge in [0.1, 0.15) is 5.41 Å². The first-order valence-electron chi connectivity index (χ1n) is 8.19. The van der Waals surface area contributed by atoms with E-state index >= 15 is 0 Å².